The van der Waals surface area contributed by atoms with Gasteiger partial charge in [-0.3, -0.25) is 4.79 Å². The van der Waals surface area contributed by atoms with Crippen molar-refractivity contribution in [3.63, 3.8) is 0 Å². The Morgan fingerprint density at radius 2 is 1.84 bits per heavy atom. The Kier molecular flexibility index (Phi) is 6.63. The lowest BCUT2D eigenvalue weighted by Gasteiger charge is -2.15. The van der Waals surface area contributed by atoms with Gasteiger partial charge >= 0.3 is 0 Å². The lowest BCUT2D eigenvalue weighted by Crippen LogP contribution is -2.36. The van der Waals surface area contributed by atoms with Crippen molar-refractivity contribution in [1.29, 1.82) is 0 Å². The molecule has 2 aromatic carbocycles. The number of hydrogen-bond acceptors (Lipinski definition) is 3. The number of nitrogens with one attached hydrogen (secondary N) is 1. The van der Waals surface area contributed by atoms with E-state index >= 15 is 0 Å². The number of carbonyl (C=O) groups excluding carboxylic acids is 1. The zero-order chi connectivity index (χ0) is 18.2. The molecule has 1 N–H and O–H groups in total. The summed E-state index contributed by atoms with van der Waals surface area (Å²) in [5.41, 5.74) is 2.67. The van der Waals surface area contributed by atoms with Crippen LogP contribution in [0.2, 0.25) is 0 Å². The number of amides is 1. The van der Waals surface area contributed by atoms with E-state index in [1.165, 1.54) is 5.56 Å². The molecule has 0 bridgehead atoms. The van der Waals surface area contributed by atoms with Crippen molar-refractivity contribution in [3.8, 4) is 11.5 Å². The van der Waals surface area contributed by atoms with Gasteiger partial charge in [-0.2, -0.15) is 0 Å². The summed E-state index contributed by atoms with van der Waals surface area (Å²) in [6, 6.07) is 14.8. The number of carbonyl (C=O) groups is 1. The first-order valence-corrected chi connectivity index (χ1v) is 8.31. The average Bonchev–Trinajstić information content (AvgIpc) is 2.59. The summed E-state index contributed by atoms with van der Waals surface area (Å²) in [7, 11) is 0. The smallest absolute Gasteiger partial charge is 0.251 e. The van der Waals surface area contributed by atoms with Gasteiger partial charge in [-0.1, -0.05) is 30.3 Å². The predicted molar refractivity (Wildman–Crippen MR) is 100 cm³/mol. The molecule has 1 amide bonds. The molecule has 0 heterocycles. The third-order valence-electron chi connectivity index (χ3n) is 3.48. The lowest BCUT2D eigenvalue weighted by atomic mass is 10.2. The molecule has 0 aliphatic carbocycles. The molecule has 0 aliphatic rings. The number of aryl methyl sites for hydroxylation is 1. The molecule has 132 valence electrons. The van der Waals surface area contributed by atoms with Crippen molar-refractivity contribution in [3.05, 3.63) is 71.8 Å². The minimum absolute atomic E-state index is 0.117. The quantitative estimate of drug-likeness (QED) is 0.735. The summed E-state index contributed by atoms with van der Waals surface area (Å²) in [4.78, 5) is 12.4. The van der Waals surface area contributed by atoms with Gasteiger partial charge in [0.05, 0.1) is 6.04 Å². The minimum atomic E-state index is -0.152. The van der Waals surface area contributed by atoms with Crippen LogP contribution in [0.25, 0.3) is 0 Å². The fraction of sp³-hybridized carbons (Fsp3) is 0.286. The Bertz CT molecular complexity index is 722. The molecular weight excluding hydrogens is 314 g/mol. The van der Waals surface area contributed by atoms with Gasteiger partial charge < -0.3 is 14.8 Å². The van der Waals surface area contributed by atoms with Crippen molar-refractivity contribution in [1.82, 2.24) is 5.32 Å². The summed E-state index contributed by atoms with van der Waals surface area (Å²) in [6.07, 6.45) is 0. The molecule has 0 spiro atoms. The van der Waals surface area contributed by atoms with Gasteiger partial charge in [-0.15, -0.1) is 0 Å². The first-order valence-electron chi connectivity index (χ1n) is 8.31. The molecule has 0 aliphatic heterocycles. The highest BCUT2D eigenvalue weighted by molar-refractivity contribution is 5.94. The Labute approximate surface area is 149 Å². The SMILES string of the molecule is C=C(C)COc1cccc(C(=O)N[C@H](C)COc2ccc(C)cc2)c1. The molecule has 0 fully saturated rings. The number of hydrogen-bond donors (Lipinski definition) is 1. The van der Waals surface area contributed by atoms with Crippen LogP contribution in [-0.2, 0) is 0 Å². The molecule has 2 rings (SSSR count). The summed E-state index contributed by atoms with van der Waals surface area (Å²) in [6.45, 7) is 10.5. The van der Waals surface area contributed by atoms with E-state index in [-0.39, 0.29) is 11.9 Å². The summed E-state index contributed by atoms with van der Waals surface area (Å²) in [5, 5.41) is 2.93. The third kappa shape index (κ3) is 6.34. The zero-order valence-electron chi connectivity index (χ0n) is 15.0. The van der Waals surface area contributed by atoms with Crippen LogP contribution in [0, 0.1) is 6.92 Å². The maximum Gasteiger partial charge on any atom is 0.251 e. The molecule has 0 aromatic heterocycles. The lowest BCUT2D eigenvalue weighted by molar-refractivity contribution is 0.0926. The van der Waals surface area contributed by atoms with Crippen LogP contribution in [0.3, 0.4) is 0 Å². The van der Waals surface area contributed by atoms with Crippen LogP contribution >= 0.6 is 0 Å². The Hall–Kier alpha value is -2.75. The Morgan fingerprint density at radius 1 is 1.12 bits per heavy atom. The molecule has 0 saturated heterocycles. The van der Waals surface area contributed by atoms with E-state index in [9.17, 15) is 4.79 Å². The molecule has 2 aromatic rings. The van der Waals surface area contributed by atoms with E-state index in [2.05, 4.69) is 11.9 Å². The zero-order valence-corrected chi connectivity index (χ0v) is 15.0. The van der Waals surface area contributed by atoms with Crippen LogP contribution in [0.5, 0.6) is 11.5 Å². The van der Waals surface area contributed by atoms with Gasteiger partial charge in [0, 0.05) is 5.56 Å². The van der Waals surface area contributed by atoms with E-state index < -0.39 is 0 Å². The van der Waals surface area contributed by atoms with Crippen LogP contribution in [0.4, 0.5) is 0 Å². The molecule has 0 saturated carbocycles. The van der Waals surface area contributed by atoms with Gasteiger partial charge in [-0.05, 0) is 56.7 Å². The number of benzene rings is 2. The normalized spacial score (nSPS) is 11.5. The Morgan fingerprint density at radius 3 is 2.52 bits per heavy atom. The maximum atomic E-state index is 12.4. The van der Waals surface area contributed by atoms with E-state index in [1.807, 2.05) is 51.1 Å². The van der Waals surface area contributed by atoms with Gasteiger partial charge in [-0.25, -0.2) is 0 Å². The van der Waals surface area contributed by atoms with Crippen molar-refractivity contribution >= 4 is 5.91 Å². The molecule has 25 heavy (non-hydrogen) atoms. The molecule has 1 atom stereocenters. The van der Waals surface area contributed by atoms with Gasteiger partial charge in [0.1, 0.15) is 24.7 Å². The largest absolute Gasteiger partial charge is 0.491 e. The van der Waals surface area contributed by atoms with Crippen molar-refractivity contribution in [2.24, 2.45) is 0 Å². The minimum Gasteiger partial charge on any atom is -0.491 e. The number of rotatable bonds is 8. The van der Waals surface area contributed by atoms with Gasteiger partial charge in [0.15, 0.2) is 0 Å². The first-order chi connectivity index (χ1) is 11.9. The van der Waals surface area contributed by atoms with E-state index in [0.29, 0.717) is 24.5 Å². The van der Waals surface area contributed by atoms with Crippen molar-refractivity contribution in [2.45, 2.75) is 26.8 Å². The predicted octanol–water partition coefficient (Wildman–Crippen LogP) is 4.15. The topological polar surface area (TPSA) is 47.6 Å². The summed E-state index contributed by atoms with van der Waals surface area (Å²) in [5.74, 6) is 1.29. The number of ether oxygens (including phenoxy) is 2. The highest BCUT2D eigenvalue weighted by Gasteiger charge is 2.11. The summed E-state index contributed by atoms with van der Waals surface area (Å²) < 4.78 is 11.3. The van der Waals surface area contributed by atoms with Crippen LogP contribution in [-0.4, -0.2) is 25.2 Å². The van der Waals surface area contributed by atoms with Crippen molar-refractivity contribution in [2.75, 3.05) is 13.2 Å². The van der Waals surface area contributed by atoms with Crippen LogP contribution in [0.15, 0.2) is 60.7 Å². The second kappa shape index (κ2) is 8.92. The molecule has 4 heteroatoms. The van der Waals surface area contributed by atoms with Crippen LogP contribution in [0.1, 0.15) is 29.8 Å². The monoisotopic (exact) mass is 339 g/mol. The van der Waals surface area contributed by atoms with E-state index in [1.54, 1.807) is 18.2 Å². The standard InChI is InChI=1S/C21H25NO3/c1-15(2)13-24-20-7-5-6-18(12-20)21(23)22-17(4)14-25-19-10-8-16(3)9-11-19/h5-12,17H,1,13-14H2,2-4H3,(H,22,23)/t17-/m1/s1. The summed E-state index contributed by atoms with van der Waals surface area (Å²) >= 11 is 0. The maximum absolute atomic E-state index is 12.4. The van der Waals surface area contributed by atoms with Gasteiger partial charge in [0.25, 0.3) is 5.91 Å². The second-order valence-electron chi connectivity index (χ2n) is 6.27. The highest BCUT2D eigenvalue weighted by atomic mass is 16.5. The molecular formula is C21H25NO3. The fourth-order valence-electron chi connectivity index (χ4n) is 2.14. The third-order valence-corrected chi connectivity index (χ3v) is 3.48. The second-order valence-corrected chi connectivity index (χ2v) is 6.27. The fourth-order valence-corrected chi connectivity index (χ4v) is 2.14. The average molecular weight is 339 g/mol. The Balaban J connectivity index is 1.86. The molecule has 0 radical (unpaired) electrons. The van der Waals surface area contributed by atoms with Gasteiger partial charge in [0.2, 0.25) is 0 Å². The highest BCUT2D eigenvalue weighted by Crippen LogP contribution is 2.15. The molecule has 0 unspecified atom stereocenters. The van der Waals surface area contributed by atoms with E-state index in [0.717, 1.165) is 11.3 Å². The first kappa shape index (κ1) is 18.6. The molecule has 4 nitrogen and oxygen atoms in total. The van der Waals surface area contributed by atoms with Crippen LogP contribution < -0.4 is 14.8 Å². The van der Waals surface area contributed by atoms with E-state index in [4.69, 9.17) is 9.47 Å². The van der Waals surface area contributed by atoms with Crippen molar-refractivity contribution < 1.29 is 14.3 Å².